The lowest BCUT2D eigenvalue weighted by Gasteiger charge is -2.09. The molecule has 0 fully saturated rings. The first-order valence-corrected chi connectivity index (χ1v) is 8.00. The van der Waals surface area contributed by atoms with Crippen LogP contribution in [0.15, 0.2) is 42.5 Å². The lowest BCUT2D eigenvalue weighted by atomic mass is 10.1. The van der Waals surface area contributed by atoms with E-state index in [2.05, 4.69) is 11.4 Å². The molecule has 5 nitrogen and oxygen atoms in total. The molecular formula is C19H24N2O3. The van der Waals surface area contributed by atoms with Gasteiger partial charge in [0.15, 0.2) is 0 Å². The average molecular weight is 328 g/mol. The van der Waals surface area contributed by atoms with E-state index in [4.69, 9.17) is 15.2 Å². The normalized spacial score (nSPS) is 10.3. The van der Waals surface area contributed by atoms with Gasteiger partial charge in [-0.2, -0.15) is 0 Å². The minimum atomic E-state index is -0.0880. The van der Waals surface area contributed by atoms with Gasteiger partial charge in [-0.05, 0) is 61.4 Å². The fraction of sp³-hybridized carbons (Fsp3) is 0.316. The third-order valence-corrected chi connectivity index (χ3v) is 3.32. The Morgan fingerprint density at radius 1 is 0.958 bits per heavy atom. The quantitative estimate of drug-likeness (QED) is 0.781. The Labute approximate surface area is 142 Å². The van der Waals surface area contributed by atoms with Crippen molar-refractivity contribution in [3.8, 4) is 11.5 Å². The van der Waals surface area contributed by atoms with Crippen LogP contribution in [0.25, 0.3) is 0 Å². The zero-order valence-electron chi connectivity index (χ0n) is 14.2. The monoisotopic (exact) mass is 328 g/mol. The highest BCUT2D eigenvalue weighted by Crippen LogP contribution is 2.17. The van der Waals surface area contributed by atoms with Gasteiger partial charge in [0.05, 0.1) is 13.0 Å². The number of anilines is 1. The molecule has 0 heterocycles. The largest absolute Gasteiger partial charge is 0.493 e. The Morgan fingerprint density at radius 2 is 1.58 bits per heavy atom. The second kappa shape index (κ2) is 8.93. The molecule has 0 saturated heterocycles. The van der Waals surface area contributed by atoms with E-state index in [9.17, 15) is 4.79 Å². The van der Waals surface area contributed by atoms with Gasteiger partial charge in [0.2, 0.25) is 5.91 Å². The van der Waals surface area contributed by atoms with Crippen molar-refractivity contribution >= 4 is 11.6 Å². The number of rotatable bonds is 8. The second-order valence-electron chi connectivity index (χ2n) is 5.63. The van der Waals surface area contributed by atoms with Crippen LogP contribution in [0.5, 0.6) is 11.5 Å². The maximum Gasteiger partial charge on any atom is 0.227 e. The van der Waals surface area contributed by atoms with E-state index < -0.39 is 0 Å². The molecule has 0 unspecified atom stereocenters. The molecule has 0 aliphatic heterocycles. The van der Waals surface area contributed by atoms with Crippen LogP contribution in [0.3, 0.4) is 0 Å². The van der Waals surface area contributed by atoms with Crippen molar-refractivity contribution in [3.63, 3.8) is 0 Å². The maximum absolute atomic E-state index is 12.0. The molecule has 0 aliphatic rings. The number of benzene rings is 2. The summed E-state index contributed by atoms with van der Waals surface area (Å²) in [6.45, 7) is 5.33. The van der Waals surface area contributed by atoms with Crippen molar-refractivity contribution in [1.82, 2.24) is 0 Å². The number of nitrogens with two attached hydrogens (primary N) is 1. The molecule has 5 heteroatoms. The van der Waals surface area contributed by atoms with Crippen LogP contribution in [0.4, 0.5) is 5.69 Å². The molecule has 0 spiro atoms. The Kier molecular flexibility index (Phi) is 6.63. The smallest absolute Gasteiger partial charge is 0.227 e. The Balaban J connectivity index is 1.76. The van der Waals surface area contributed by atoms with Crippen molar-refractivity contribution in [1.29, 1.82) is 0 Å². The summed E-state index contributed by atoms with van der Waals surface area (Å²) in [4.78, 5) is 12.0. The van der Waals surface area contributed by atoms with Crippen LogP contribution in [0, 0.1) is 13.8 Å². The highest BCUT2D eigenvalue weighted by atomic mass is 16.5. The standard InChI is InChI=1S/C19H24N2O3/c1-14-11-15(2)13-18(12-14)23-9-7-19(22)21-16-3-5-17(6-4-16)24-10-8-20/h3-6,11-13H,7-10,20H2,1-2H3,(H,21,22). The van der Waals surface area contributed by atoms with E-state index in [-0.39, 0.29) is 5.91 Å². The zero-order chi connectivity index (χ0) is 17.4. The highest BCUT2D eigenvalue weighted by Gasteiger charge is 2.04. The fourth-order valence-corrected chi connectivity index (χ4v) is 2.31. The molecule has 0 aromatic heterocycles. The lowest BCUT2D eigenvalue weighted by molar-refractivity contribution is -0.116. The second-order valence-corrected chi connectivity index (χ2v) is 5.63. The van der Waals surface area contributed by atoms with E-state index in [0.29, 0.717) is 26.2 Å². The summed E-state index contributed by atoms with van der Waals surface area (Å²) in [6, 6.07) is 13.2. The van der Waals surface area contributed by atoms with E-state index in [1.165, 1.54) is 0 Å². The van der Waals surface area contributed by atoms with Crippen LogP contribution in [0.1, 0.15) is 17.5 Å². The predicted molar refractivity (Wildman–Crippen MR) is 95.6 cm³/mol. The maximum atomic E-state index is 12.0. The van der Waals surface area contributed by atoms with E-state index in [0.717, 1.165) is 28.3 Å². The van der Waals surface area contributed by atoms with Gasteiger partial charge >= 0.3 is 0 Å². The summed E-state index contributed by atoms with van der Waals surface area (Å²) in [5.74, 6) is 1.44. The van der Waals surface area contributed by atoms with Crippen LogP contribution in [-0.2, 0) is 4.79 Å². The van der Waals surface area contributed by atoms with Gasteiger partial charge in [0.1, 0.15) is 18.1 Å². The van der Waals surface area contributed by atoms with Gasteiger partial charge in [-0.1, -0.05) is 6.07 Å². The Bertz CT molecular complexity index is 649. The van der Waals surface area contributed by atoms with Crippen LogP contribution < -0.4 is 20.5 Å². The molecule has 0 bridgehead atoms. The van der Waals surface area contributed by atoms with Crippen LogP contribution in [0.2, 0.25) is 0 Å². The Hall–Kier alpha value is -2.53. The fourth-order valence-electron chi connectivity index (χ4n) is 2.31. The SMILES string of the molecule is Cc1cc(C)cc(OCCC(=O)Nc2ccc(OCCN)cc2)c1. The molecule has 24 heavy (non-hydrogen) atoms. The van der Waals surface area contributed by atoms with E-state index in [1.54, 1.807) is 24.3 Å². The number of carbonyl (C=O) groups is 1. The molecule has 2 aromatic rings. The van der Waals surface area contributed by atoms with E-state index >= 15 is 0 Å². The minimum absolute atomic E-state index is 0.0880. The summed E-state index contributed by atoms with van der Waals surface area (Å²) in [5.41, 5.74) is 8.40. The van der Waals surface area contributed by atoms with Crippen molar-refractivity contribution in [2.24, 2.45) is 5.73 Å². The molecule has 1 amide bonds. The molecule has 0 atom stereocenters. The average Bonchev–Trinajstić information content (AvgIpc) is 2.53. The van der Waals surface area contributed by atoms with E-state index in [1.807, 2.05) is 26.0 Å². The first-order chi connectivity index (χ1) is 11.6. The van der Waals surface area contributed by atoms with Gasteiger partial charge in [0.25, 0.3) is 0 Å². The third-order valence-electron chi connectivity index (χ3n) is 3.32. The third kappa shape index (κ3) is 5.93. The first-order valence-electron chi connectivity index (χ1n) is 8.00. The molecule has 0 saturated carbocycles. The van der Waals surface area contributed by atoms with Crippen molar-refractivity contribution in [2.45, 2.75) is 20.3 Å². The predicted octanol–water partition coefficient (Wildman–Crippen LogP) is 3.05. The van der Waals surface area contributed by atoms with Gasteiger partial charge < -0.3 is 20.5 Å². The molecule has 2 rings (SSSR count). The van der Waals surface area contributed by atoms with Gasteiger partial charge in [-0.25, -0.2) is 0 Å². The summed E-state index contributed by atoms with van der Waals surface area (Å²) < 4.78 is 11.0. The van der Waals surface area contributed by atoms with Gasteiger partial charge in [0, 0.05) is 12.2 Å². The molecule has 0 aliphatic carbocycles. The Morgan fingerprint density at radius 3 is 2.21 bits per heavy atom. The lowest BCUT2D eigenvalue weighted by Crippen LogP contribution is -2.15. The number of aryl methyl sites for hydroxylation is 2. The van der Waals surface area contributed by atoms with Gasteiger partial charge in [-0.15, -0.1) is 0 Å². The number of ether oxygens (including phenoxy) is 2. The number of amides is 1. The summed E-state index contributed by atoms with van der Waals surface area (Å²) in [5, 5.41) is 2.84. The van der Waals surface area contributed by atoms with Gasteiger partial charge in [-0.3, -0.25) is 4.79 Å². The topological polar surface area (TPSA) is 73.6 Å². The number of hydrogen-bond donors (Lipinski definition) is 2. The summed E-state index contributed by atoms with van der Waals surface area (Å²) >= 11 is 0. The van der Waals surface area contributed by atoms with Crippen molar-refractivity contribution in [2.75, 3.05) is 25.1 Å². The molecular weight excluding hydrogens is 304 g/mol. The summed E-state index contributed by atoms with van der Waals surface area (Å²) in [6.07, 6.45) is 0.290. The molecule has 128 valence electrons. The zero-order valence-corrected chi connectivity index (χ0v) is 14.2. The van der Waals surface area contributed by atoms with Crippen molar-refractivity contribution < 1.29 is 14.3 Å². The molecule has 0 radical (unpaired) electrons. The minimum Gasteiger partial charge on any atom is -0.493 e. The number of nitrogens with one attached hydrogen (secondary N) is 1. The molecule has 2 aromatic carbocycles. The molecule has 3 N–H and O–H groups in total. The summed E-state index contributed by atoms with van der Waals surface area (Å²) in [7, 11) is 0. The highest BCUT2D eigenvalue weighted by molar-refractivity contribution is 5.90. The van der Waals surface area contributed by atoms with Crippen LogP contribution >= 0.6 is 0 Å². The van der Waals surface area contributed by atoms with Crippen LogP contribution in [-0.4, -0.2) is 25.7 Å². The number of carbonyl (C=O) groups excluding carboxylic acids is 1. The number of hydrogen-bond acceptors (Lipinski definition) is 4. The van der Waals surface area contributed by atoms with Crippen molar-refractivity contribution in [3.05, 3.63) is 53.6 Å². The first kappa shape index (κ1) is 17.8.